The molecule has 0 atom stereocenters. The molecule has 0 aliphatic rings. The number of nitrogens with one attached hydrogen (secondary N) is 4. The van der Waals surface area contributed by atoms with Gasteiger partial charge in [0.15, 0.2) is 11.5 Å². The molecule has 0 bridgehead atoms. The van der Waals surface area contributed by atoms with Crippen LogP contribution in [0, 0.1) is 13.8 Å². The molecule has 0 spiro atoms. The molecule has 2 heterocycles. The van der Waals surface area contributed by atoms with Crippen molar-refractivity contribution in [3.8, 4) is 11.5 Å². The number of hydrogen-bond acceptors (Lipinski definition) is 31. The largest absolute Gasteiger partial charge is 0.505 e. The molecule has 0 radical (unpaired) electrons. The van der Waals surface area contributed by atoms with Gasteiger partial charge in [-0.25, -0.2) is 24.0 Å². The van der Waals surface area contributed by atoms with Crippen LogP contribution in [0.3, 0.4) is 0 Å². The number of carboxylic acid groups (broad SMARTS) is 5. The Hall–Kier alpha value is -11.3. The summed E-state index contributed by atoms with van der Waals surface area (Å²) in [5, 5.41) is 96.0. The summed E-state index contributed by atoms with van der Waals surface area (Å²) >= 11 is 0. The van der Waals surface area contributed by atoms with Crippen LogP contribution < -0.4 is 21.3 Å². The second-order valence-electron chi connectivity index (χ2n) is 19.1. The molecule has 0 saturated heterocycles. The number of azo groups is 2. The fourth-order valence-electron chi connectivity index (χ4n) is 8.66. The molecular weight excluding hydrogens is 1320 g/mol. The van der Waals surface area contributed by atoms with Gasteiger partial charge in [-0.3, -0.25) is 9.11 Å². The predicted molar refractivity (Wildman–Crippen MR) is 323 cm³/mol. The van der Waals surface area contributed by atoms with Crippen molar-refractivity contribution >= 4 is 163 Å². The average molecular weight is 1360 g/mol. The maximum Gasteiger partial charge on any atom is 0.337 e. The van der Waals surface area contributed by atoms with Crippen molar-refractivity contribution < 1.29 is 113 Å². The Labute approximate surface area is 520 Å². The Morgan fingerprint density at radius 3 is 1.06 bits per heavy atom. The number of benzene rings is 7. The van der Waals surface area contributed by atoms with Crippen LogP contribution >= 0.6 is 21.7 Å². The van der Waals surface area contributed by atoms with Crippen LogP contribution in [0.4, 0.5) is 69.3 Å². The summed E-state index contributed by atoms with van der Waals surface area (Å²) in [5.74, 6) is -12.0. The Morgan fingerprint density at radius 2 is 0.742 bits per heavy atom. The molecule has 0 saturated carbocycles. The molecule has 9 aromatic rings. The van der Waals surface area contributed by atoms with Crippen LogP contribution in [0.25, 0.3) is 21.5 Å². The number of aryl methyl sites for hydroxylation is 2. The van der Waals surface area contributed by atoms with E-state index < -0.39 is 204 Å². The van der Waals surface area contributed by atoms with E-state index in [2.05, 4.69) is 71.6 Å². The number of nitrogens with zero attached hydrogens (tertiary/aromatic N) is 10. The molecule has 0 fully saturated rings. The van der Waals surface area contributed by atoms with E-state index in [1.54, 1.807) is 0 Å². The standard InChI is InChI=1S/C51H40N14O24S4/c1-18-52-48(60-50(54-18)58-33-16-29(90(78,79)80)11-20-13-35(92(84,85)86)39(41(66)37(20)33)64-62-27-7-22(43(68)69)5-23(8-27)44(70)71)56-26-3-4-32(31(15-26)47(76)77)57-49-53-19(2)55-51(61-49)59-34-17-30(91(81,82)83)12-21-14-36(93(87,88)89)40(42(67)38(21)34)65-63-28-9-24(45(72)73)6-25(10-28)46(74)75/h3-17,66-67,84-89H,1-2H3,(H,68,69)(H,70,71)(H,72,73)(H,74,75)(H,76,77)(H,78,79,80)(H,81,82,83)(H2,52,54,56,58,60)(H2,53,55,57,59,61). The monoisotopic (exact) mass is 1360 g/mol. The lowest BCUT2D eigenvalue weighted by Crippen LogP contribution is -2.10. The molecule has 19 N–H and O–H groups in total. The van der Waals surface area contributed by atoms with E-state index in [0.29, 0.717) is 0 Å². The number of rotatable bonds is 21. The van der Waals surface area contributed by atoms with Crippen molar-refractivity contribution in [3.05, 3.63) is 130 Å². The van der Waals surface area contributed by atoms with E-state index in [4.69, 9.17) is 0 Å². The minimum atomic E-state index is -5.16. The van der Waals surface area contributed by atoms with Crippen molar-refractivity contribution in [2.45, 2.75) is 33.4 Å². The summed E-state index contributed by atoms with van der Waals surface area (Å²) in [6, 6.07) is 13.1. The lowest BCUT2D eigenvalue weighted by molar-refractivity contribution is 0.0676. The van der Waals surface area contributed by atoms with Crippen molar-refractivity contribution in [2.75, 3.05) is 21.3 Å². The first-order valence-corrected chi connectivity index (χ1v) is 30.8. The first-order chi connectivity index (χ1) is 43.3. The second-order valence-corrected chi connectivity index (χ2v) is 24.9. The highest BCUT2D eigenvalue weighted by Gasteiger charge is 2.31. The number of fused-ring (bicyclic) bond motifs is 2. The van der Waals surface area contributed by atoms with Crippen LogP contribution in [0.1, 0.15) is 63.4 Å². The predicted octanol–water partition coefficient (Wildman–Crippen LogP) is 10.3. The van der Waals surface area contributed by atoms with Crippen LogP contribution in [0.15, 0.2) is 131 Å². The zero-order chi connectivity index (χ0) is 68.1. The molecule has 38 nitrogen and oxygen atoms in total. The van der Waals surface area contributed by atoms with Crippen LogP contribution in [0.2, 0.25) is 0 Å². The number of carbonyl (C=O) groups is 5. The molecule has 42 heteroatoms. The van der Waals surface area contributed by atoms with Crippen molar-refractivity contribution in [2.24, 2.45) is 20.5 Å². The molecule has 2 aromatic heterocycles. The Morgan fingerprint density at radius 1 is 0.398 bits per heavy atom. The van der Waals surface area contributed by atoms with Crippen LogP contribution in [-0.4, -0.2) is 149 Å². The molecule has 93 heavy (non-hydrogen) atoms. The highest BCUT2D eigenvalue weighted by molar-refractivity contribution is 8.19. The van der Waals surface area contributed by atoms with Gasteiger partial charge >= 0.3 is 29.8 Å². The number of phenolic OH excluding ortho intramolecular Hbond substituents is 2. The fraction of sp³-hybridized carbons (Fsp3) is 0.0392. The molecule has 0 aliphatic carbocycles. The third-order valence-corrected chi connectivity index (χ3v) is 16.0. The zero-order valence-electron chi connectivity index (χ0n) is 46.1. The van der Waals surface area contributed by atoms with E-state index >= 15 is 0 Å². The minimum Gasteiger partial charge on any atom is -0.505 e. The highest BCUT2D eigenvalue weighted by atomic mass is 32.3. The Kier molecular flexibility index (Phi) is 17.7. The highest BCUT2D eigenvalue weighted by Crippen LogP contribution is 2.57. The van der Waals surface area contributed by atoms with Crippen LogP contribution in [0.5, 0.6) is 11.5 Å². The van der Waals surface area contributed by atoms with Gasteiger partial charge in [0.1, 0.15) is 44.8 Å². The second kappa shape index (κ2) is 24.8. The van der Waals surface area contributed by atoms with E-state index in [1.165, 1.54) is 26.0 Å². The SMILES string of the molecule is Cc1nc(Nc2ccc(Nc3nc(C)nc(Nc4cc(S(=O)(=O)O)cc5cc(S(O)(O)O)c(N=Nc6cc(C(=O)O)cc(C(=O)O)c6)c(O)c45)n3)c(C(=O)O)c2)nc(Nc2cc(S(=O)(=O)O)cc3cc(S(O)(O)O)c(N=Nc4cc(C(=O)O)cc(C(=O)O)c4)c(O)c23)n1. The van der Waals surface area contributed by atoms with E-state index in [1.807, 2.05) is 0 Å². The Bertz CT molecular complexity index is 4970. The van der Waals surface area contributed by atoms with Gasteiger partial charge in [0.05, 0.1) is 75.8 Å². The van der Waals surface area contributed by atoms with Gasteiger partial charge in [0, 0.05) is 16.5 Å². The maximum atomic E-state index is 12.9. The third-order valence-electron chi connectivity index (χ3n) is 12.5. The molecule has 0 aliphatic heterocycles. The number of aromatic hydroxyl groups is 2. The Balaban J connectivity index is 1.05. The third kappa shape index (κ3) is 14.8. The van der Waals surface area contributed by atoms with Gasteiger partial charge < -0.3 is 84.3 Å². The number of aromatic nitrogens is 6. The summed E-state index contributed by atoms with van der Waals surface area (Å²) in [7, 11) is -20.2. The van der Waals surface area contributed by atoms with E-state index in [0.717, 1.165) is 78.9 Å². The molecule has 482 valence electrons. The zero-order valence-corrected chi connectivity index (χ0v) is 49.4. The summed E-state index contributed by atoms with van der Waals surface area (Å²) in [6.45, 7) is 2.68. The number of carboxylic acids is 5. The number of hydrogen-bond donors (Lipinski definition) is 19. The molecular formula is C51H40N14O24S4. The first-order valence-electron chi connectivity index (χ1n) is 24.9. The molecule has 7 aromatic carbocycles. The van der Waals surface area contributed by atoms with E-state index in [-0.39, 0.29) is 29.0 Å². The lowest BCUT2D eigenvalue weighted by Gasteiger charge is -2.23. The maximum absolute atomic E-state index is 12.9. The van der Waals surface area contributed by atoms with Crippen molar-refractivity contribution in [1.82, 2.24) is 29.9 Å². The average Bonchev–Trinajstić information content (AvgIpc) is 0.757. The van der Waals surface area contributed by atoms with Gasteiger partial charge in [-0.15, -0.1) is 10.2 Å². The van der Waals surface area contributed by atoms with Gasteiger partial charge in [0.25, 0.3) is 20.2 Å². The van der Waals surface area contributed by atoms with Gasteiger partial charge in [-0.05, 0) is 116 Å². The molecule has 0 amide bonds. The smallest absolute Gasteiger partial charge is 0.337 e. The lowest BCUT2D eigenvalue weighted by atomic mass is 10.1. The van der Waals surface area contributed by atoms with Gasteiger partial charge in [-0.2, -0.15) is 57.0 Å². The van der Waals surface area contributed by atoms with Crippen LogP contribution in [-0.2, 0) is 20.2 Å². The quantitative estimate of drug-likeness (QED) is 0.0235. The number of aromatic carboxylic acids is 5. The summed E-state index contributed by atoms with van der Waals surface area (Å²) < 4.78 is 133. The van der Waals surface area contributed by atoms with Gasteiger partial charge in [0.2, 0.25) is 23.8 Å². The summed E-state index contributed by atoms with van der Waals surface area (Å²) in [5.41, 5.74) is -6.79. The molecule has 0 unspecified atom stereocenters. The topological polar surface area (TPSA) is 632 Å². The number of phenols is 2. The molecule has 9 rings (SSSR count). The minimum absolute atomic E-state index is 0.0382. The van der Waals surface area contributed by atoms with Crippen molar-refractivity contribution in [3.63, 3.8) is 0 Å². The van der Waals surface area contributed by atoms with Gasteiger partial charge in [-0.1, -0.05) is 0 Å². The summed E-state index contributed by atoms with van der Waals surface area (Å²) in [6.07, 6.45) is 0. The normalized spacial score (nSPS) is 12.5. The fourth-order valence-corrected chi connectivity index (χ4v) is 11.1. The first kappa shape index (κ1) is 66.1. The van der Waals surface area contributed by atoms with Crippen molar-refractivity contribution in [1.29, 1.82) is 0 Å². The number of anilines is 8. The summed E-state index contributed by atoms with van der Waals surface area (Å²) in [4.78, 5) is 81.2. The van der Waals surface area contributed by atoms with E-state index in [9.17, 15) is 113 Å².